The molecule has 41 heavy (non-hydrogen) atoms. The fourth-order valence-corrected chi connectivity index (χ4v) is 5.41. The van der Waals surface area contributed by atoms with Crippen LogP contribution in [0.1, 0.15) is 16.7 Å². The Morgan fingerprint density at radius 3 is 1.90 bits per heavy atom. The summed E-state index contributed by atoms with van der Waals surface area (Å²) in [6, 6.07) is 22.7. The molecule has 0 spiro atoms. The van der Waals surface area contributed by atoms with Gasteiger partial charge in [-0.05, 0) is 93.2 Å². The first-order valence-corrected chi connectivity index (χ1v) is 13.3. The predicted octanol–water partition coefficient (Wildman–Crippen LogP) is 7.11. The van der Waals surface area contributed by atoms with E-state index in [-0.39, 0.29) is 21.1 Å². The maximum atomic E-state index is 4.45. The molecule has 2 aliphatic rings. The molecule has 3 aromatic carbocycles. The number of pyridine rings is 1. The maximum Gasteiger partial charge on any atom is 4.00 e. The number of nitrogens with zero attached hydrogens (tertiary/aromatic N) is 6. The number of aromatic nitrogens is 2. The summed E-state index contributed by atoms with van der Waals surface area (Å²) in [7, 11) is 4.06. The van der Waals surface area contributed by atoms with Crippen LogP contribution in [-0.2, 0) is 21.1 Å². The van der Waals surface area contributed by atoms with E-state index in [2.05, 4.69) is 103 Å². The minimum absolute atomic E-state index is 0. The first-order valence-electron chi connectivity index (χ1n) is 13.3. The van der Waals surface area contributed by atoms with Crippen LogP contribution in [0.2, 0.25) is 0 Å². The van der Waals surface area contributed by atoms with Gasteiger partial charge in [0, 0.05) is 12.4 Å². The Labute approximate surface area is 256 Å². The van der Waals surface area contributed by atoms with Crippen molar-refractivity contribution in [3.8, 4) is 11.1 Å². The van der Waals surface area contributed by atoms with Crippen LogP contribution in [-0.4, -0.2) is 28.9 Å². The quantitative estimate of drug-likeness (QED) is 0.185. The van der Waals surface area contributed by atoms with E-state index in [0.717, 1.165) is 22.4 Å². The minimum atomic E-state index is 0. The van der Waals surface area contributed by atoms with Crippen molar-refractivity contribution >= 4 is 33.2 Å². The zero-order valence-electron chi connectivity index (χ0n) is 23.8. The molecule has 6 nitrogen and oxygen atoms in total. The average Bonchev–Trinajstić information content (AvgIpc) is 3.66. The van der Waals surface area contributed by atoms with Crippen molar-refractivity contribution in [1.82, 2.24) is 19.8 Å². The largest absolute Gasteiger partial charge is 4.00 e. The second-order valence-electron chi connectivity index (χ2n) is 10.4. The van der Waals surface area contributed by atoms with Gasteiger partial charge in [0.2, 0.25) is 0 Å². The van der Waals surface area contributed by atoms with Crippen LogP contribution in [0.15, 0.2) is 91.8 Å². The molecule has 0 saturated carbocycles. The Kier molecular flexibility index (Phi) is 8.23. The topological polar surface area (TPSA) is 40.0 Å². The number of anilines is 2. The summed E-state index contributed by atoms with van der Waals surface area (Å²) in [5.41, 5.74) is 10.5. The summed E-state index contributed by atoms with van der Waals surface area (Å²) in [5.74, 6) is 0. The Morgan fingerprint density at radius 1 is 0.732 bits per heavy atom. The van der Waals surface area contributed by atoms with Crippen molar-refractivity contribution in [2.24, 2.45) is 0 Å². The third kappa shape index (κ3) is 5.89. The molecule has 2 aliphatic heterocycles. The molecule has 208 valence electrons. The summed E-state index contributed by atoms with van der Waals surface area (Å²) in [4.78, 5) is 16.8. The van der Waals surface area contributed by atoms with E-state index in [1.807, 2.05) is 60.6 Å². The van der Waals surface area contributed by atoms with Crippen molar-refractivity contribution in [1.29, 1.82) is 0 Å². The molecular formula is C34H32N6Pt. The standard InChI is InChI=1S/C23H25N4.C11H7N2.Pt/c1-17-10-18(2)23(19(3)11-17)20-12-21(26-8-6-24(4)15-26)14-22(13-20)27-9-7-25(5)16-27;1-2-4-10-8(3-1)9-5-6-12-7-11(9)13-10;/h6-13,15-16H,1-5H3;1-7H;/q-3;-1;+4. The second-order valence-corrected chi connectivity index (χ2v) is 10.4. The van der Waals surface area contributed by atoms with Gasteiger partial charge in [-0.1, -0.05) is 42.0 Å². The van der Waals surface area contributed by atoms with Crippen molar-refractivity contribution in [3.63, 3.8) is 0 Å². The third-order valence-electron chi connectivity index (χ3n) is 7.14. The Hall–Kier alpha value is -4.02. The molecule has 0 amide bonds. The fourth-order valence-electron chi connectivity index (χ4n) is 5.41. The normalized spacial score (nSPS) is 14.2. The molecule has 0 saturated heterocycles. The number of rotatable bonds is 3. The van der Waals surface area contributed by atoms with E-state index >= 15 is 0 Å². The van der Waals surface area contributed by atoms with Crippen LogP contribution in [0.4, 0.5) is 11.4 Å². The number of aryl methyl sites for hydroxylation is 3. The minimum Gasteiger partial charge on any atom is -0.656 e. The van der Waals surface area contributed by atoms with Gasteiger partial charge >= 0.3 is 21.1 Å². The molecule has 7 rings (SSSR count). The monoisotopic (exact) mass is 719 g/mol. The van der Waals surface area contributed by atoms with Gasteiger partial charge in [-0.25, -0.2) is 0 Å². The van der Waals surface area contributed by atoms with Gasteiger partial charge in [-0.15, -0.1) is 46.2 Å². The molecule has 0 atom stereocenters. The van der Waals surface area contributed by atoms with E-state index in [4.69, 9.17) is 0 Å². The molecule has 0 radical (unpaired) electrons. The van der Waals surface area contributed by atoms with Gasteiger partial charge < -0.3 is 24.6 Å². The van der Waals surface area contributed by atoms with Crippen molar-refractivity contribution in [2.45, 2.75) is 20.8 Å². The van der Waals surface area contributed by atoms with Gasteiger partial charge in [0.1, 0.15) is 0 Å². The number of benzene rings is 3. The number of para-hydroxylation sites is 1. The molecular weight excluding hydrogens is 687 g/mol. The Morgan fingerprint density at radius 2 is 1.32 bits per heavy atom. The summed E-state index contributed by atoms with van der Waals surface area (Å²) >= 11 is 0. The summed E-state index contributed by atoms with van der Waals surface area (Å²) < 4.78 is 0. The molecule has 5 aromatic rings. The molecule has 0 N–H and O–H groups in total. The molecule has 0 bridgehead atoms. The van der Waals surface area contributed by atoms with Crippen LogP contribution in [0, 0.1) is 40.2 Å². The number of hydrogen-bond donors (Lipinski definition) is 0. The first-order chi connectivity index (χ1) is 19.4. The maximum absolute atomic E-state index is 4.45. The van der Waals surface area contributed by atoms with Gasteiger partial charge in [-0.2, -0.15) is 13.3 Å². The Bertz CT molecular complexity index is 1640. The van der Waals surface area contributed by atoms with Crippen LogP contribution < -0.4 is 14.8 Å². The third-order valence-corrected chi connectivity index (χ3v) is 7.14. The SMILES string of the molecule is Cc1cc(C)c(-c2cc(N3C=CN(C)[CH-]3)[c-]c(N3C=CN(C)[CH-]3)c2)c(C)c1.[Pt+4].c1ccc2c(c1)[n-]c1cnccc12. The summed E-state index contributed by atoms with van der Waals surface area (Å²) in [5, 5.41) is 2.39. The van der Waals surface area contributed by atoms with Gasteiger partial charge in [-0.3, -0.25) is 4.98 Å². The molecule has 0 unspecified atom stereocenters. The van der Waals surface area contributed by atoms with Crippen LogP contribution >= 0.6 is 0 Å². The van der Waals surface area contributed by atoms with Gasteiger partial charge in [0.15, 0.2) is 0 Å². The van der Waals surface area contributed by atoms with Gasteiger partial charge in [0.05, 0.1) is 0 Å². The molecule has 4 heterocycles. The van der Waals surface area contributed by atoms with E-state index in [1.165, 1.54) is 38.6 Å². The van der Waals surface area contributed by atoms with Crippen LogP contribution in [0.5, 0.6) is 0 Å². The van der Waals surface area contributed by atoms with Crippen molar-refractivity contribution in [3.05, 3.63) is 128 Å². The van der Waals surface area contributed by atoms with Gasteiger partial charge in [0.25, 0.3) is 0 Å². The molecule has 2 aromatic heterocycles. The van der Waals surface area contributed by atoms with Crippen molar-refractivity contribution < 1.29 is 21.1 Å². The van der Waals surface area contributed by atoms with Crippen molar-refractivity contribution in [2.75, 3.05) is 23.9 Å². The van der Waals surface area contributed by atoms with E-state index in [1.54, 1.807) is 12.4 Å². The first kappa shape index (κ1) is 28.5. The van der Waals surface area contributed by atoms with E-state index < -0.39 is 0 Å². The molecule has 0 aliphatic carbocycles. The van der Waals surface area contributed by atoms with Crippen LogP contribution in [0.25, 0.3) is 32.9 Å². The summed E-state index contributed by atoms with van der Waals surface area (Å²) in [6.45, 7) is 10.7. The Balaban J connectivity index is 0.000000201. The smallest absolute Gasteiger partial charge is 0.656 e. The number of hydrogen-bond acceptors (Lipinski definition) is 5. The molecule has 0 fully saturated rings. The second kappa shape index (κ2) is 11.8. The van der Waals surface area contributed by atoms with E-state index in [0.29, 0.717) is 0 Å². The molecule has 7 heteroatoms. The fraction of sp³-hybridized carbons (Fsp3) is 0.147. The zero-order chi connectivity index (χ0) is 27.8. The van der Waals surface area contributed by atoms with Crippen LogP contribution in [0.3, 0.4) is 0 Å². The predicted molar refractivity (Wildman–Crippen MR) is 165 cm³/mol. The van der Waals surface area contributed by atoms with E-state index in [9.17, 15) is 0 Å². The average molecular weight is 720 g/mol. The summed E-state index contributed by atoms with van der Waals surface area (Å²) in [6.07, 6.45) is 11.8. The zero-order valence-corrected chi connectivity index (χ0v) is 26.1. The number of fused-ring (bicyclic) bond motifs is 3.